The lowest BCUT2D eigenvalue weighted by Gasteiger charge is -2.38. The summed E-state index contributed by atoms with van der Waals surface area (Å²) in [5, 5.41) is 0. The van der Waals surface area contributed by atoms with E-state index in [-0.39, 0.29) is 12.0 Å². The average molecular weight is 241 g/mol. The number of hydrogen-bond acceptors (Lipinski definition) is 3. The molecule has 0 aromatic rings. The summed E-state index contributed by atoms with van der Waals surface area (Å²) in [7, 11) is 1.50. The van der Waals surface area contributed by atoms with Crippen LogP contribution in [0.15, 0.2) is 0 Å². The fourth-order valence-corrected chi connectivity index (χ4v) is 2.95. The van der Waals surface area contributed by atoms with Gasteiger partial charge in [0.1, 0.15) is 6.04 Å². The summed E-state index contributed by atoms with van der Waals surface area (Å²) in [6, 6.07) is -0.0230. The van der Waals surface area contributed by atoms with Gasteiger partial charge in [0.25, 0.3) is 0 Å². The van der Waals surface area contributed by atoms with Crippen LogP contribution in [0.1, 0.15) is 46.5 Å². The molecular weight excluding hydrogens is 214 g/mol. The molecule has 3 atom stereocenters. The Bertz CT molecular complexity index is 232. The zero-order valence-electron chi connectivity index (χ0n) is 11.7. The van der Waals surface area contributed by atoms with Crippen LogP contribution in [0.2, 0.25) is 0 Å². The number of likely N-dealkylation sites (tertiary alicyclic amines) is 1. The van der Waals surface area contributed by atoms with E-state index >= 15 is 0 Å². The second-order valence-corrected chi connectivity index (χ2v) is 5.58. The smallest absolute Gasteiger partial charge is 0.323 e. The second-order valence-electron chi connectivity index (χ2n) is 5.58. The molecule has 0 bridgehead atoms. The molecule has 3 nitrogen and oxygen atoms in total. The third kappa shape index (κ3) is 4.30. The van der Waals surface area contributed by atoms with E-state index in [1.165, 1.54) is 13.5 Å². The number of unbranched alkanes of at least 4 members (excludes halogenated alkanes) is 1. The van der Waals surface area contributed by atoms with Gasteiger partial charge in [-0.25, -0.2) is 0 Å². The van der Waals surface area contributed by atoms with Crippen molar-refractivity contribution < 1.29 is 9.53 Å². The number of carbonyl (C=O) groups excluding carboxylic acids is 1. The van der Waals surface area contributed by atoms with Gasteiger partial charge < -0.3 is 4.74 Å². The molecule has 3 unspecified atom stereocenters. The Hall–Kier alpha value is -0.570. The minimum absolute atomic E-state index is 0.0230. The maximum atomic E-state index is 11.9. The van der Waals surface area contributed by atoms with Crippen molar-refractivity contribution in [1.82, 2.24) is 4.90 Å². The van der Waals surface area contributed by atoms with Gasteiger partial charge in [-0.15, -0.1) is 0 Å². The molecule has 1 fully saturated rings. The highest BCUT2D eigenvalue weighted by Crippen LogP contribution is 2.24. The lowest BCUT2D eigenvalue weighted by atomic mass is 9.90. The fourth-order valence-electron chi connectivity index (χ4n) is 2.95. The molecule has 1 saturated heterocycles. The molecular formula is C14H27NO2. The molecule has 0 radical (unpaired) electrons. The molecule has 1 heterocycles. The molecule has 0 N–H and O–H groups in total. The molecule has 0 aliphatic carbocycles. The number of ether oxygens (including phenoxy) is 1. The largest absolute Gasteiger partial charge is 0.468 e. The molecule has 100 valence electrons. The predicted octanol–water partition coefficient (Wildman–Crippen LogP) is 2.70. The number of methoxy groups -OCH3 is 1. The first kappa shape index (κ1) is 14.5. The zero-order chi connectivity index (χ0) is 12.8. The Morgan fingerprint density at radius 2 is 1.94 bits per heavy atom. The van der Waals surface area contributed by atoms with E-state index in [1.807, 2.05) is 0 Å². The standard InChI is InChI=1S/C14H27NO2/c1-5-6-7-13(14(16)17-4)15-9-11(2)8-12(3)10-15/h11-13H,5-10H2,1-4H3. The summed E-state index contributed by atoms with van der Waals surface area (Å²) in [5.74, 6) is 1.32. The molecule has 1 aliphatic heterocycles. The van der Waals surface area contributed by atoms with Crippen molar-refractivity contribution in [2.24, 2.45) is 11.8 Å². The van der Waals surface area contributed by atoms with Crippen LogP contribution in [0.3, 0.4) is 0 Å². The Kier molecular flexibility index (Phi) is 5.96. The number of piperidine rings is 1. The van der Waals surface area contributed by atoms with E-state index in [0.717, 1.165) is 32.4 Å². The minimum Gasteiger partial charge on any atom is -0.468 e. The van der Waals surface area contributed by atoms with Crippen molar-refractivity contribution in [3.8, 4) is 0 Å². The van der Waals surface area contributed by atoms with Crippen LogP contribution in [0, 0.1) is 11.8 Å². The number of nitrogens with zero attached hydrogens (tertiary/aromatic N) is 1. The van der Waals surface area contributed by atoms with Gasteiger partial charge in [0.15, 0.2) is 0 Å². The predicted molar refractivity (Wildman–Crippen MR) is 69.8 cm³/mol. The monoisotopic (exact) mass is 241 g/mol. The first-order chi connectivity index (χ1) is 8.08. The molecule has 0 aromatic carbocycles. The first-order valence-corrected chi connectivity index (χ1v) is 6.90. The molecule has 1 aliphatic rings. The summed E-state index contributed by atoms with van der Waals surface area (Å²) in [5.41, 5.74) is 0. The summed E-state index contributed by atoms with van der Waals surface area (Å²) in [6.07, 6.45) is 4.44. The van der Waals surface area contributed by atoms with Gasteiger partial charge in [-0.05, 0) is 24.7 Å². The highest BCUT2D eigenvalue weighted by atomic mass is 16.5. The lowest BCUT2D eigenvalue weighted by molar-refractivity contribution is -0.148. The van der Waals surface area contributed by atoms with E-state index in [0.29, 0.717) is 11.8 Å². The number of esters is 1. The van der Waals surface area contributed by atoms with Crippen LogP contribution in [0.25, 0.3) is 0 Å². The van der Waals surface area contributed by atoms with E-state index < -0.39 is 0 Å². The van der Waals surface area contributed by atoms with Crippen LogP contribution in [0.4, 0.5) is 0 Å². The average Bonchev–Trinajstić information content (AvgIpc) is 2.28. The first-order valence-electron chi connectivity index (χ1n) is 6.90. The van der Waals surface area contributed by atoms with Crippen molar-refractivity contribution in [3.63, 3.8) is 0 Å². The molecule has 17 heavy (non-hydrogen) atoms. The molecule has 1 rings (SSSR count). The van der Waals surface area contributed by atoms with E-state index in [4.69, 9.17) is 4.74 Å². The van der Waals surface area contributed by atoms with Crippen LogP contribution in [-0.2, 0) is 9.53 Å². The third-order valence-corrected chi connectivity index (χ3v) is 3.64. The van der Waals surface area contributed by atoms with Gasteiger partial charge in [0, 0.05) is 13.1 Å². The summed E-state index contributed by atoms with van der Waals surface area (Å²) >= 11 is 0. The number of rotatable bonds is 5. The Balaban J connectivity index is 2.64. The van der Waals surface area contributed by atoms with Crippen molar-refractivity contribution >= 4 is 5.97 Å². The van der Waals surface area contributed by atoms with Gasteiger partial charge in [-0.3, -0.25) is 9.69 Å². The molecule has 0 saturated carbocycles. The van der Waals surface area contributed by atoms with Gasteiger partial charge in [-0.1, -0.05) is 33.6 Å². The fraction of sp³-hybridized carbons (Fsp3) is 0.929. The van der Waals surface area contributed by atoms with Gasteiger partial charge in [0.2, 0.25) is 0 Å². The van der Waals surface area contributed by atoms with Crippen LogP contribution >= 0.6 is 0 Å². The van der Waals surface area contributed by atoms with E-state index in [9.17, 15) is 4.79 Å². The van der Waals surface area contributed by atoms with Crippen LogP contribution in [-0.4, -0.2) is 37.1 Å². The SMILES string of the molecule is CCCCC(C(=O)OC)N1CC(C)CC(C)C1. The summed E-state index contributed by atoms with van der Waals surface area (Å²) < 4.78 is 4.95. The topological polar surface area (TPSA) is 29.5 Å². The maximum Gasteiger partial charge on any atom is 0.323 e. The third-order valence-electron chi connectivity index (χ3n) is 3.64. The number of carbonyl (C=O) groups is 1. The quantitative estimate of drug-likeness (QED) is 0.693. The maximum absolute atomic E-state index is 11.9. The van der Waals surface area contributed by atoms with Crippen molar-refractivity contribution in [1.29, 1.82) is 0 Å². The molecule has 0 spiro atoms. The van der Waals surface area contributed by atoms with Gasteiger partial charge in [0.05, 0.1) is 7.11 Å². The Morgan fingerprint density at radius 1 is 1.35 bits per heavy atom. The molecule has 0 amide bonds. The molecule has 3 heteroatoms. The van der Waals surface area contributed by atoms with Crippen LogP contribution < -0.4 is 0 Å². The molecule has 0 aromatic heterocycles. The van der Waals surface area contributed by atoms with E-state index in [1.54, 1.807) is 0 Å². The lowest BCUT2D eigenvalue weighted by Crippen LogP contribution is -2.49. The highest BCUT2D eigenvalue weighted by molar-refractivity contribution is 5.75. The normalized spacial score (nSPS) is 27.8. The number of hydrogen-bond donors (Lipinski definition) is 0. The Morgan fingerprint density at radius 3 is 2.41 bits per heavy atom. The van der Waals surface area contributed by atoms with Crippen LogP contribution in [0.5, 0.6) is 0 Å². The van der Waals surface area contributed by atoms with E-state index in [2.05, 4.69) is 25.7 Å². The van der Waals surface area contributed by atoms with Crippen molar-refractivity contribution in [2.45, 2.75) is 52.5 Å². The minimum atomic E-state index is -0.0558. The second kappa shape index (κ2) is 7.00. The van der Waals surface area contributed by atoms with Gasteiger partial charge >= 0.3 is 5.97 Å². The van der Waals surface area contributed by atoms with Gasteiger partial charge in [-0.2, -0.15) is 0 Å². The van der Waals surface area contributed by atoms with Crippen molar-refractivity contribution in [2.75, 3.05) is 20.2 Å². The highest BCUT2D eigenvalue weighted by Gasteiger charge is 2.31. The summed E-state index contributed by atoms with van der Waals surface area (Å²) in [4.78, 5) is 14.2. The summed E-state index contributed by atoms with van der Waals surface area (Å²) in [6.45, 7) is 8.78. The zero-order valence-corrected chi connectivity index (χ0v) is 11.7. The Labute approximate surface area is 106 Å². The van der Waals surface area contributed by atoms with Crippen molar-refractivity contribution in [3.05, 3.63) is 0 Å².